The molecule has 6 heteroatoms. The molecule has 4 atom stereocenters. The number of ether oxygens (including phenoxy) is 1. The highest BCUT2D eigenvalue weighted by Crippen LogP contribution is 2.36. The summed E-state index contributed by atoms with van der Waals surface area (Å²) in [5, 5.41) is 41.4. The van der Waals surface area contributed by atoms with Gasteiger partial charge in [0.1, 0.15) is 0 Å². The Morgan fingerprint density at radius 1 is 1.04 bits per heavy atom. The largest absolute Gasteiger partial charge is 0.466 e. The predicted molar refractivity (Wildman–Crippen MR) is 92.2 cm³/mol. The van der Waals surface area contributed by atoms with Crippen LogP contribution in [0.5, 0.6) is 0 Å². The second-order valence-corrected chi connectivity index (χ2v) is 6.24. The molecule has 0 bridgehead atoms. The van der Waals surface area contributed by atoms with E-state index in [-0.39, 0.29) is 25.9 Å². The monoisotopic (exact) mass is 344 g/mol. The molecule has 0 saturated carbocycles. The molecule has 4 unspecified atom stereocenters. The van der Waals surface area contributed by atoms with Crippen LogP contribution in [-0.4, -0.2) is 57.4 Å². The van der Waals surface area contributed by atoms with Gasteiger partial charge in [-0.15, -0.1) is 13.2 Å². The number of aliphatic hydroxyl groups is 4. The normalized spacial score (nSPS) is 18.8. The second-order valence-electron chi connectivity index (χ2n) is 6.24. The summed E-state index contributed by atoms with van der Waals surface area (Å²) >= 11 is 0. The molecule has 0 fully saturated rings. The SMILES string of the molecule is C=CCCC(O)C(O)C(C)(CC(=O)OCC)C(O)C(O)CCC=C. The first kappa shape index (κ1) is 22.8. The van der Waals surface area contributed by atoms with Crippen LogP contribution >= 0.6 is 0 Å². The molecule has 0 aliphatic rings. The Balaban J connectivity index is 5.34. The highest BCUT2D eigenvalue weighted by atomic mass is 16.5. The van der Waals surface area contributed by atoms with Crippen molar-refractivity contribution in [3.8, 4) is 0 Å². The van der Waals surface area contributed by atoms with Gasteiger partial charge in [0.25, 0.3) is 0 Å². The number of hydrogen-bond acceptors (Lipinski definition) is 6. The van der Waals surface area contributed by atoms with E-state index in [4.69, 9.17) is 4.74 Å². The molecule has 0 rings (SSSR count). The maximum Gasteiger partial charge on any atom is 0.306 e. The van der Waals surface area contributed by atoms with Gasteiger partial charge in [0.2, 0.25) is 0 Å². The van der Waals surface area contributed by atoms with Crippen molar-refractivity contribution < 1.29 is 30.0 Å². The van der Waals surface area contributed by atoms with Crippen molar-refractivity contribution in [2.45, 2.75) is 70.4 Å². The fraction of sp³-hybridized carbons (Fsp3) is 0.722. The number of aliphatic hydroxyl groups excluding tert-OH is 4. The number of esters is 1. The Hall–Kier alpha value is -1.21. The van der Waals surface area contributed by atoms with Crippen molar-refractivity contribution in [2.24, 2.45) is 5.41 Å². The zero-order chi connectivity index (χ0) is 18.8. The first-order chi connectivity index (χ1) is 11.2. The third kappa shape index (κ3) is 6.73. The number of hydrogen-bond donors (Lipinski definition) is 4. The third-order valence-corrected chi connectivity index (χ3v) is 4.24. The quantitative estimate of drug-likeness (QED) is 0.296. The molecule has 0 saturated heterocycles. The van der Waals surface area contributed by atoms with Gasteiger partial charge < -0.3 is 25.2 Å². The first-order valence-corrected chi connectivity index (χ1v) is 8.34. The lowest BCUT2D eigenvalue weighted by Crippen LogP contribution is -2.54. The van der Waals surface area contributed by atoms with Crippen LogP contribution in [0.1, 0.15) is 46.0 Å². The van der Waals surface area contributed by atoms with Crippen LogP contribution < -0.4 is 0 Å². The van der Waals surface area contributed by atoms with E-state index in [9.17, 15) is 25.2 Å². The molecule has 0 aliphatic heterocycles. The lowest BCUT2D eigenvalue weighted by Gasteiger charge is -2.41. The number of allylic oxidation sites excluding steroid dienone is 2. The van der Waals surface area contributed by atoms with Gasteiger partial charge in [-0.3, -0.25) is 4.79 Å². The van der Waals surface area contributed by atoms with Crippen molar-refractivity contribution in [1.29, 1.82) is 0 Å². The summed E-state index contributed by atoms with van der Waals surface area (Å²) in [7, 11) is 0. The summed E-state index contributed by atoms with van der Waals surface area (Å²) in [6, 6.07) is 0. The molecule has 0 aromatic heterocycles. The van der Waals surface area contributed by atoms with E-state index in [0.717, 1.165) is 0 Å². The predicted octanol–water partition coefficient (Wildman–Crippen LogP) is 1.32. The van der Waals surface area contributed by atoms with Crippen LogP contribution in [0.2, 0.25) is 0 Å². The van der Waals surface area contributed by atoms with Crippen molar-refractivity contribution in [3.05, 3.63) is 25.3 Å². The summed E-state index contributed by atoms with van der Waals surface area (Å²) in [5.74, 6) is -0.607. The number of rotatable bonds is 13. The average Bonchev–Trinajstić information content (AvgIpc) is 2.55. The standard InChI is InChI=1S/C18H32O6/c1-5-8-10-13(19)16(22)18(4,12-15(21)24-7-3)17(23)14(20)11-9-6-2/h5-6,13-14,16-17,19-20,22-23H,1-2,7-12H2,3-4H3. The third-order valence-electron chi connectivity index (χ3n) is 4.24. The van der Waals surface area contributed by atoms with Gasteiger partial charge in [0, 0.05) is 5.41 Å². The zero-order valence-corrected chi connectivity index (χ0v) is 14.7. The Bertz CT molecular complexity index is 371. The molecule has 0 heterocycles. The van der Waals surface area contributed by atoms with Gasteiger partial charge in [-0.05, 0) is 32.6 Å². The van der Waals surface area contributed by atoms with Crippen molar-refractivity contribution in [1.82, 2.24) is 0 Å². The Kier molecular flexibility index (Phi) is 10.8. The maximum absolute atomic E-state index is 11.9. The molecule has 24 heavy (non-hydrogen) atoms. The minimum atomic E-state index is -1.45. The minimum absolute atomic E-state index is 0.166. The van der Waals surface area contributed by atoms with Crippen molar-refractivity contribution in [2.75, 3.05) is 6.61 Å². The summed E-state index contributed by atoms with van der Waals surface area (Å²) in [4.78, 5) is 11.9. The molecule has 0 spiro atoms. The number of carbonyl (C=O) groups excluding carboxylic acids is 1. The van der Waals surface area contributed by atoms with Crippen LogP contribution in [0.4, 0.5) is 0 Å². The van der Waals surface area contributed by atoms with Crippen molar-refractivity contribution in [3.63, 3.8) is 0 Å². The Morgan fingerprint density at radius 3 is 1.79 bits per heavy atom. The Labute approximate surface area is 144 Å². The van der Waals surface area contributed by atoms with E-state index in [1.54, 1.807) is 19.1 Å². The fourth-order valence-electron chi connectivity index (χ4n) is 2.68. The summed E-state index contributed by atoms with van der Waals surface area (Å²) in [6.07, 6.45) is -0.831. The van der Waals surface area contributed by atoms with Gasteiger partial charge in [-0.25, -0.2) is 0 Å². The molecule has 0 aliphatic carbocycles. The van der Waals surface area contributed by atoms with E-state index in [2.05, 4.69) is 13.2 Å². The van der Waals surface area contributed by atoms with Crippen LogP contribution in [0, 0.1) is 5.41 Å². The highest BCUT2D eigenvalue weighted by Gasteiger charge is 2.47. The van der Waals surface area contributed by atoms with Crippen LogP contribution in [-0.2, 0) is 9.53 Å². The molecule has 4 N–H and O–H groups in total. The summed E-state index contributed by atoms with van der Waals surface area (Å²) < 4.78 is 4.90. The molecule has 140 valence electrons. The molecule has 0 aromatic carbocycles. The smallest absolute Gasteiger partial charge is 0.306 e. The van der Waals surface area contributed by atoms with Gasteiger partial charge in [-0.2, -0.15) is 0 Å². The second kappa shape index (κ2) is 11.4. The van der Waals surface area contributed by atoms with E-state index in [1.807, 2.05) is 0 Å². The van der Waals surface area contributed by atoms with E-state index >= 15 is 0 Å². The fourth-order valence-corrected chi connectivity index (χ4v) is 2.68. The molecule has 0 radical (unpaired) electrons. The Morgan fingerprint density at radius 2 is 1.46 bits per heavy atom. The first-order valence-electron chi connectivity index (χ1n) is 8.34. The van der Waals surface area contributed by atoms with Crippen LogP contribution in [0.15, 0.2) is 25.3 Å². The van der Waals surface area contributed by atoms with Crippen LogP contribution in [0.25, 0.3) is 0 Å². The number of carbonyl (C=O) groups is 1. The zero-order valence-electron chi connectivity index (χ0n) is 14.7. The van der Waals surface area contributed by atoms with Crippen molar-refractivity contribution >= 4 is 5.97 Å². The maximum atomic E-state index is 11.9. The molecular weight excluding hydrogens is 312 g/mol. The summed E-state index contributed by atoms with van der Waals surface area (Å²) in [6.45, 7) is 10.4. The molecular formula is C18H32O6. The lowest BCUT2D eigenvalue weighted by atomic mass is 9.71. The van der Waals surface area contributed by atoms with E-state index < -0.39 is 35.8 Å². The molecule has 0 amide bonds. The van der Waals surface area contributed by atoms with Gasteiger partial charge in [-0.1, -0.05) is 19.1 Å². The highest BCUT2D eigenvalue weighted by molar-refractivity contribution is 5.70. The van der Waals surface area contributed by atoms with E-state index in [0.29, 0.717) is 12.8 Å². The minimum Gasteiger partial charge on any atom is -0.466 e. The molecule has 0 aromatic rings. The van der Waals surface area contributed by atoms with Gasteiger partial charge >= 0.3 is 5.97 Å². The lowest BCUT2D eigenvalue weighted by molar-refractivity contribution is -0.169. The summed E-state index contributed by atoms with van der Waals surface area (Å²) in [5.41, 5.74) is -1.45. The molecule has 6 nitrogen and oxygen atoms in total. The topological polar surface area (TPSA) is 107 Å². The van der Waals surface area contributed by atoms with Crippen LogP contribution in [0.3, 0.4) is 0 Å². The average molecular weight is 344 g/mol. The van der Waals surface area contributed by atoms with Gasteiger partial charge in [0.05, 0.1) is 37.4 Å². The van der Waals surface area contributed by atoms with E-state index in [1.165, 1.54) is 6.92 Å². The van der Waals surface area contributed by atoms with Gasteiger partial charge in [0.15, 0.2) is 0 Å².